The number of carbonyl (C=O) groups is 1. The minimum Gasteiger partial charge on any atom is -0.467 e. The third kappa shape index (κ3) is 2.58. The van der Waals surface area contributed by atoms with E-state index in [4.69, 9.17) is 22.7 Å². The zero-order valence-corrected chi connectivity index (χ0v) is 11.6. The maximum Gasteiger partial charge on any atom is 0.328 e. The molecule has 1 unspecified atom stereocenters. The summed E-state index contributed by atoms with van der Waals surface area (Å²) < 4.78 is 6.61. The van der Waals surface area contributed by atoms with Gasteiger partial charge in [0.2, 0.25) is 0 Å². The molecule has 1 heterocycles. The molecule has 0 aliphatic carbocycles. The minimum absolute atomic E-state index is 0.327. The largest absolute Gasteiger partial charge is 0.467 e. The van der Waals surface area contributed by atoms with Crippen LogP contribution in [0, 0.1) is 0 Å². The van der Waals surface area contributed by atoms with Crippen molar-refractivity contribution in [2.24, 2.45) is 5.73 Å². The summed E-state index contributed by atoms with van der Waals surface area (Å²) in [5.74, 6) is 0.346. The fourth-order valence-electron chi connectivity index (χ4n) is 2.08. The summed E-state index contributed by atoms with van der Waals surface area (Å²) in [5.41, 5.74) is 7.26. The van der Waals surface area contributed by atoms with Gasteiger partial charge in [0.15, 0.2) is 0 Å². The average Bonchev–Trinajstić information content (AvgIpc) is 2.73. The van der Waals surface area contributed by atoms with E-state index >= 15 is 0 Å². The molecule has 2 N–H and O–H groups in total. The van der Waals surface area contributed by atoms with Crippen molar-refractivity contribution in [3.8, 4) is 0 Å². The lowest BCUT2D eigenvalue weighted by molar-refractivity contribution is -0.143. The van der Waals surface area contributed by atoms with E-state index in [0.717, 1.165) is 11.0 Å². The van der Waals surface area contributed by atoms with Crippen molar-refractivity contribution in [3.63, 3.8) is 0 Å². The topological polar surface area (TPSA) is 70.1 Å². The number of imidazole rings is 1. The molecule has 100 valence electrons. The molecule has 0 bridgehead atoms. The number of para-hydroxylation sites is 2. The maximum absolute atomic E-state index is 11.8. The van der Waals surface area contributed by atoms with Crippen LogP contribution in [0.25, 0.3) is 11.0 Å². The molecule has 0 spiro atoms. The number of benzene rings is 1. The summed E-state index contributed by atoms with van der Waals surface area (Å²) in [6, 6.07) is 7.12. The fraction of sp³-hybridized carbons (Fsp3) is 0.308. The van der Waals surface area contributed by atoms with Crippen LogP contribution >= 0.6 is 12.2 Å². The predicted octanol–water partition coefficient (Wildman–Crippen LogP) is 1.60. The lowest BCUT2D eigenvalue weighted by Crippen LogP contribution is -2.22. The van der Waals surface area contributed by atoms with Gasteiger partial charge >= 0.3 is 5.97 Å². The van der Waals surface area contributed by atoms with Crippen LogP contribution in [0.15, 0.2) is 24.3 Å². The summed E-state index contributed by atoms with van der Waals surface area (Å²) in [6.45, 7) is 1.77. The van der Waals surface area contributed by atoms with Crippen molar-refractivity contribution >= 4 is 34.2 Å². The SMILES string of the molecule is COC(=O)C(C)n1c(CC(N)=S)nc2ccccc21. The summed E-state index contributed by atoms with van der Waals surface area (Å²) in [5, 5.41) is 0. The van der Waals surface area contributed by atoms with Gasteiger partial charge in [0.1, 0.15) is 11.9 Å². The van der Waals surface area contributed by atoms with E-state index in [1.54, 1.807) is 6.92 Å². The number of nitrogens with two attached hydrogens (primary N) is 1. The Kier molecular flexibility index (Phi) is 3.80. The van der Waals surface area contributed by atoms with E-state index in [9.17, 15) is 4.79 Å². The maximum atomic E-state index is 11.8. The molecule has 6 heteroatoms. The molecule has 1 aromatic carbocycles. The van der Waals surface area contributed by atoms with Crippen LogP contribution in [0.4, 0.5) is 0 Å². The van der Waals surface area contributed by atoms with Gasteiger partial charge in [0.05, 0.1) is 29.6 Å². The van der Waals surface area contributed by atoms with Crippen LogP contribution in [0.3, 0.4) is 0 Å². The Morgan fingerprint density at radius 2 is 2.21 bits per heavy atom. The number of carbonyl (C=O) groups excluding carboxylic acids is 1. The molecule has 1 aromatic heterocycles. The van der Waals surface area contributed by atoms with Crippen LogP contribution in [-0.4, -0.2) is 27.6 Å². The number of esters is 1. The number of thiocarbonyl (C=S) groups is 1. The Hall–Kier alpha value is -1.95. The number of aromatic nitrogens is 2. The van der Waals surface area contributed by atoms with E-state index in [1.165, 1.54) is 7.11 Å². The van der Waals surface area contributed by atoms with Gasteiger partial charge in [-0.25, -0.2) is 9.78 Å². The molecule has 0 radical (unpaired) electrons. The standard InChI is InChI=1S/C13H15N3O2S/c1-8(13(17)18-2)16-10-6-4-3-5-9(10)15-12(16)7-11(14)19/h3-6,8H,7H2,1-2H3,(H2,14,19). The molecule has 1 atom stereocenters. The van der Waals surface area contributed by atoms with Gasteiger partial charge in [-0.2, -0.15) is 0 Å². The fourth-order valence-corrected chi connectivity index (χ4v) is 2.21. The number of rotatable bonds is 4. The van der Waals surface area contributed by atoms with Gasteiger partial charge in [-0.3, -0.25) is 0 Å². The zero-order chi connectivity index (χ0) is 14.0. The molecular weight excluding hydrogens is 262 g/mol. The minimum atomic E-state index is -0.471. The number of fused-ring (bicyclic) bond motifs is 1. The molecule has 2 rings (SSSR count). The smallest absolute Gasteiger partial charge is 0.328 e. The Morgan fingerprint density at radius 3 is 2.84 bits per heavy atom. The second kappa shape index (κ2) is 5.36. The van der Waals surface area contributed by atoms with Gasteiger partial charge in [-0.05, 0) is 19.1 Å². The first-order valence-electron chi connectivity index (χ1n) is 5.86. The summed E-state index contributed by atoms with van der Waals surface area (Å²) >= 11 is 4.93. The van der Waals surface area contributed by atoms with E-state index in [-0.39, 0.29) is 5.97 Å². The number of hydrogen-bond donors (Lipinski definition) is 1. The van der Waals surface area contributed by atoms with Crippen molar-refractivity contribution in [2.45, 2.75) is 19.4 Å². The third-order valence-corrected chi connectivity index (χ3v) is 3.08. The van der Waals surface area contributed by atoms with Gasteiger partial charge in [0.25, 0.3) is 0 Å². The van der Waals surface area contributed by atoms with Crippen molar-refractivity contribution < 1.29 is 9.53 Å². The molecular formula is C13H15N3O2S. The van der Waals surface area contributed by atoms with Crippen molar-refractivity contribution in [2.75, 3.05) is 7.11 Å². The summed E-state index contributed by atoms with van der Waals surface area (Å²) in [4.78, 5) is 16.6. The van der Waals surface area contributed by atoms with Crippen LogP contribution < -0.4 is 5.73 Å². The molecule has 19 heavy (non-hydrogen) atoms. The lowest BCUT2D eigenvalue weighted by Gasteiger charge is -2.15. The molecule has 0 saturated heterocycles. The van der Waals surface area contributed by atoms with Gasteiger partial charge in [0, 0.05) is 0 Å². The summed E-state index contributed by atoms with van der Waals surface area (Å²) in [7, 11) is 1.37. The second-order valence-corrected chi connectivity index (χ2v) is 4.75. The van der Waals surface area contributed by atoms with Crippen molar-refractivity contribution in [1.29, 1.82) is 0 Å². The van der Waals surface area contributed by atoms with E-state index in [0.29, 0.717) is 17.2 Å². The third-order valence-electron chi connectivity index (χ3n) is 2.93. The van der Waals surface area contributed by atoms with E-state index in [1.807, 2.05) is 28.8 Å². The van der Waals surface area contributed by atoms with Crippen LogP contribution in [-0.2, 0) is 16.0 Å². The Morgan fingerprint density at radius 1 is 1.53 bits per heavy atom. The first-order valence-corrected chi connectivity index (χ1v) is 6.27. The summed E-state index contributed by atoms with van der Waals surface area (Å²) in [6.07, 6.45) is 0.353. The Balaban J connectivity index is 2.60. The highest BCUT2D eigenvalue weighted by Crippen LogP contribution is 2.22. The van der Waals surface area contributed by atoms with Crippen LogP contribution in [0.1, 0.15) is 18.8 Å². The average molecular weight is 277 g/mol. The lowest BCUT2D eigenvalue weighted by atomic mass is 10.2. The molecule has 0 saturated carbocycles. The number of hydrogen-bond acceptors (Lipinski definition) is 4. The monoisotopic (exact) mass is 277 g/mol. The molecule has 2 aromatic rings. The van der Waals surface area contributed by atoms with E-state index in [2.05, 4.69) is 4.98 Å². The van der Waals surface area contributed by atoms with E-state index < -0.39 is 6.04 Å². The number of ether oxygens (including phenoxy) is 1. The number of nitrogens with zero attached hydrogens (tertiary/aromatic N) is 2. The first kappa shape index (κ1) is 13.5. The first-order chi connectivity index (χ1) is 9.04. The quantitative estimate of drug-likeness (QED) is 0.679. The van der Waals surface area contributed by atoms with Crippen LogP contribution in [0.5, 0.6) is 0 Å². The highest BCUT2D eigenvalue weighted by atomic mass is 32.1. The van der Waals surface area contributed by atoms with Gasteiger partial charge < -0.3 is 15.0 Å². The highest BCUT2D eigenvalue weighted by molar-refractivity contribution is 7.80. The molecule has 0 aliphatic heterocycles. The second-order valence-electron chi connectivity index (χ2n) is 4.23. The van der Waals surface area contributed by atoms with Crippen LogP contribution in [0.2, 0.25) is 0 Å². The van der Waals surface area contributed by atoms with Gasteiger partial charge in [-0.1, -0.05) is 24.4 Å². The van der Waals surface area contributed by atoms with Crippen molar-refractivity contribution in [3.05, 3.63) is 30.1 Å². The predicted molar refractivity (Wildman–Crippen MR) is 76.9 cm³/mol. The Labute approximate surface area is 116 Å². The molecule has 0 amide bonds. The van der Waals surface area contributed by atoms with Gasteiger partial charge in [-0.15, -0.1) is 0 Å². The zero-order valence-electron chi connectivity index (χ0n) is 10.8. The molecule has 0 fully saturated rings. The number of methoxy groups -OCH3 is 1. The molecule has 0 aliphatic rings. The normalized spacial score (nSPS) is 12.3. The Bertz CT molecular complexity index is 636. The molecule has 5 nitrogen and oxygen atoms in total. The highest BCUT2D eigenvalue weighted by Gasteiger charge is 2.22. The van der Waals surface area contributed by atoms with Crippen molar-refractivity contribution in [1.82, 2.24) is 9.55 Å².